The Kier molecular flexibility index (Phi) is 3.36. The molecule has 0 radical (unpaired) electrons. The SMILES string of the molecule is O=c1cc(CSc2nc3ncccc3s2)nc2ccccn12. The van der Waals surface area contributed by atoms with Crippen LogP contribution in [0.1, 0.15) is 5.69 Å². The molecule has 0 aliphatic heterocycles. The zero-order chi connectivity index (χ0) is 14.9. The minimum atomic E-state index is -0.0628. The van der Waals surface area contributed by atoms with Gasteiger partial charge in [-0.1, -0.05) is 17.8 Å². The Labute approximate surface area is 133 Å². The molecular weight excluding hydrogens is 316 g/mol. The zero-order valence-electron chi connectivity index (χ0n) is 11.3. The molecule has 0 aliphatic carbocycles. The van der Waals surface area contributed by atoms with Crippen LogP contribution >= 0.6 is 23.1 Å². The lowest BCUT2D eigenvalue weighted by molar-refractivity contribution is 1.01. The van der Waals surface area contributed by atoms with E-state index in [1.54, 1.807) is 41.6 Å². The fourth-order valence-electron chi connectivity index (χ4n) is 2.12. The predicted octanol–water partition coefficient (Wildman–Crippen LogP) is 2.99. The van der Waals surface area contributed by atoms with E-state index >= 15 is 0 Å². The maximum Gasteiger partial charge on any atom is 0.258 e. The lowest BCUT2D eigenvalue weighted by Gasteiger charge is -2.02. The van der Waals surface area contributed by atoms with Crippen molar-refractivity contribution in [3.05, 3.63) is 64.8 Å². The van der Waals surface area contributed by atoms with Crippen LogP contribution in [0.4, 0.5) is 0 Å². The predicted molar refractivity (Wildman–Crippen MR) is 88.4 cm³/mol. The van der Waals surface area contributed by atoms with Gasteiger partial charge in [-0.15, -0.1) is 11.3 Å². The minimum Gasteiger partial charge on any atom is -0.269 e. The molecule has 0 saturated heterocycles. The third kappa shape index (κ3) is 2.49. The van der Waals surface area contributed by atoms with Gasteiger partial charge in [-0.05, 0) is 24.3 Å². The second-order valence-corrected chi connectivity index (χ2v) is 6.86. The minimum absolute atomic E-state index is 0.0628. The summed E-state index contributed by atoms with van der Waals surface area (Å²) in [5.41, 5.74) is 2.12. The van der Waals surface area contributed by atoms with Crippen molar-refractivity contribution in [2.75, 3.05) is 0 Å². The van der Waals surface area contributed by atoms with Gasteiger partial charge < -0.3 is 0 Å². The molecule has 0 aliphatic rings. The van der Waals surface area contributed by atoms with E-state index in [4.69, 9.17) is 0 Å². The first kappa shape index (κ1) is 13.4. The third-order valence-corrected chi connectivity index (χ3v) is 5.30. The van der Waals surface area contributed by atoms with Crippen LogP contribution in [0.3, 0.4) is 0 Å². The van der Waals surface area contributed by atoms with Crippen molar-refractivity contribution in [3.63, 3.8) is 0 Å². The smallest absolute Gasteiger partial charge is 0.258 e. The van der Waals surface area contributed by atoms with Crippen molar-refractivity contribution in [2.24, 2.45) is 0 Å². The van der Waals surface area contributed by atoms with Gasteiger partial charge in [0.25, 0.3) is 5.56 Å². The van der Waals surface area contributed by atoms with E-state index in [1.807, 2.05) is 30.3 Å². The van der Waals surface area contributed by atoms with E-state index in [1.165, 1.54) is 4.40 Å². The molecule has 0 aromatic carbocycles. The number of hydrogen-bond acceptors (Lipinski definition) is 6. The fraction of sp³-hybridized carbons (Fsp3) is 0.0667. The van der Waals surface area contributed by atoms with Crippen molar-refractivity contribution in [1.82, 2.24) is 19.4 Å². The van der Waals surface area contributed by atoms with Gasteiger partial charge in [0.2, 0.25) is 0 Å². The quantitative estimate of drug-likeness (QED) is 0.542. The molecule has 4 aromatic heterocycles. The number of hydrogen-bond donors (Lipinski definition) is 0. The summed E-state index contributed by atoms with van der Waals surface area (Å²) in [6, 6.07) is 11.0. The summed E-state index contributed by atoms with van der Waals surface area (Å²) in [6.45, 7) is 0. The maximum atomic E-state index is 12.0. The summed E-state index contributed by atoms with van der Waals surface area (Å²) in [5.74, 6) is 0.612. The van der Waals surface area contributed by atoms with Gasteiger partial charge in [0.05, 0.1) is 10.4 Å². The number of nitrogens with zero attached hydrogens (tertiary/aromatic N) is 4. The molecule has 0 amide bonds. The number of thioether (sulfide) groups is 1. The van der Waals surface area contributed by atoms with Gasteiger partial charge >= 0.3 is 0 Å². The molecule has 0 N–H and O–H groups in total. The summed E-state index contributed by atoms with van der Waals surface area (Å²) < 4.78 is 3.54. The topological polar surface area (TPSA) is 60.2 Å². The Morgan fingerprint density at radius 1 is 1.18 bits per heavy atom. The molecule has 0 atom stereocenters. The van der Waals surface area contributed by atoms with Crippen molar-refractivity contribution in [2.45, 2.75) is 10.1 Å². The molecule has 0 saturated carbocycles. The van der Waals surface area contributed by atoms with E-state index < -0.39 is 0 Å². The van der Waals surface area contributed by atoms with Crippen LogP contribution in [0.15, 0.2) is 57.9 Å². The highest BCUT2D eigenvalue weighted by Gasteiger charge is 2.07. The van der Waals surface area contributed by atoms with Crippen molar-refractivity contribution >= 4 is 39.1 Å². The lowest BCUT2D eigenvalue weighted by Crippen LogP contribution is -2.14. The molecule has 5 nitrogen and oxygen atoms in total. The largest absolute Gasteiger partial charge is 0.269 e. The summed E-state index contributed by atoms with van der Waals surface area (Å²) in [4.78, 5) is 25.3. The number of thiazole rings is 1. The van der Waals surface area contributed by atoms with E-state index in [9.17, 15) is 4.79 Å². The highest BCUT2D eigenvalue weighted by molar-refractivity contribution is 8.00. The molecule has 0 bridgehead atoms. The number of aromatic nitrogens is 4. The molecule has 4 heterocycles. The van der Waals surface area contributed by atoms with E-state index in [2.05, 4.69) is 15.0 Å². The Balaban J connectivity index is 1.62. The first-order valence-corrected chi connectivity index (χ1v) is 8.41. The van der Waals surface area contributed by atoms with Crippen LogP contribution in [0.5, 0.6) is 0 Å². The summed E-state index contributed by atoms with van der Waals surface area (Å²) >= 11 is 3.18. The molecule has 4 aromatic rings. The van der Waals surface area contributed by atoms with Crippen LogP contribution in [-0.4, -0.2) is 19.4 Å². The highest BCUT2D eigenvalue weighted by atomic mass is 32.2. The van der Waals surface area contributed by atoms with Gasteiger partial charge in [0.1, 0.15) is 5.65 Å². The summed E-state index contributed by atoms with van der Waals surface area (Å²) in [7, 11) is 0. The normalized spacial score (nSPS) is 11.3. The zero-order valence-corrected chi connectivity index (χ0v) is 13.0. The average Bonchev–Trinajstić information content (AvgIpc) is 2.96. The number of fused-ring (bicyclic) bond motifs is 2. The first-order chi connectivity index (χ1) is 10.8. The Morgan fingerprint density at radius 2 is 2.14 bits per heavy atom. The van der Waals surface area contributed by atoms with Gasteiger partial charge in [0.15, 0.2) is 9.99 Å². The van der Waals surface area contributed by atoms with Gasteiger partial charge in [0, 0.05) is 24.2 Å². The Hall–Kier alpha value is -2.25. The van der Waals surface area contributed by atoms with E-state index in [-0.39, 0.29) is 5.56 Å². The Morgan fingerprint density at radius 3 is 3.05 bits per heavy atom. The second-order valence-electron chi connectivity index (χ2n) is 4.61. The Bertz CT molecular complexity index is 992. The second kappa shape index (κ2) is 5.51. The van der Waals surface area contributed by atoms with Crippen molar-refractivity contribution in [3.8, 4) is 0 Å². The molecule has 0 spiro atoms. The molecule has 0 fully saturated rings. The van der Waals surface area contributed by atoms with Gasteiger partial charge in [-0.2, -0.15) is 0 Å². The molecule has 4 rings (SSSR count). The van der Waals surface area contributed by atoms with Crippen LogP contribution in [0, 0.1) is 0 Å². The molecular formula is C15H10N4OS2. The molecule has 0 unspecified atom stereocenters. The molecule has 7 heteroatoms. The summed E-state index contributed by atoms with van der Waals surface area (Å²) in [6.07, 6.45) is 3.46. The van der Waals surface area contributed by atoms with Crippen molar-refractivity contribution < 1.29 is 0 Å². The third-order valence-electron chi connectivity index (χ3n) is 3.11. The first-order valence-electron chi connectivity index (χ1n) is 6.61. The summed E-state index contributed by atoms with van der Waals surface area (Å²) in [5, 5.41) is 0. The average molecular weight is 326 g/mol. The monoisotopic (exact) mass is 326 g/mol. The molecule has 22 heavy (non-hydrogen) atoms. The van der Waals surface area contributed by atoms with Gasteiger partial charge in [-0.3, -0.25) is 9.20 Å². The van der Waals surface area contributed by atoms with E-state index in [0.717, 1.165) is 20.4 Å². The lowest BCUT2D eigenvalue weighted by atomic mass is 10.4. The maximum absolute atomic E-state index is 12.0. The van der Waals surface area contributed by atoms with Gasteiger partial charge in [-0.25, -0.2) is 15.0 Å². The number of rotatable bonds is 3. The van der Waals surface area contributed by atoms with Crippen LogP contribution in [-0.2, 0) is 5.75 Å². The fourth-order valence-corrected chi connectivity index (χ4v) is 4.03. The standard InChI is InChI=1S/C15H10N4OS2/c20-13-8-10(17-12-5-1-2-7-19(12)13)9-21-15-18-14-11(22-15)4-3-6-16-14/h1-8H,9H2. The van der Waals surface area contributed by atoms with E-state index in [0.29, 0.717) is 11.4 Å². The molecule has 108 valence electrons. The van der Waals surface area contributed by atoms with Crippen LogP contribution < -0.4 is 5.56 Å². The number of pyridine rings is 2. The van der Waals surface area contributed by atoms with Crippen LogP contribution in [0.2, 0.25) is 0 Å². The van der Waals surface area contributed by atoms with Crippen LogP contribution in [0.25, 0.3) is 16.0 Å². The van der Waals surface area contributed by atoms with Crippen molar-refractivity contribution in [1.29, 1.82) is 0 Å². The highest BCUT2D eigenvalue weighted by Crippen LogP contribution is 2.29.